The van der Waals surface area contributed by atoms with Crippen molar-refractivity contribution < 1.29 is 19.4 Å². The highest BCUT2D eigenvalue weighted by Crippen LogP contribution is 2.23. The Balaban J connectivity index is 2.04. The van der Waals surface area contributed by atoms with E-state index in [0.717, 1.165) is 11.3 Å². The maximum absolute atomic E-state index is 12.3. The van der Waals surface area contributed by atoms with Crippen LogP contribution in [0.25, 0.3) is 0 Å². The van der Waals surface area contributed by atoms with Crippen molar-refractivity contribution >= 4 is 11.9 Å². The van der Waals surface area contributed by atoms with Gasteiger partial charge in [-0.3, -0.25) is 4.79 Å². The molecule has 5 nitrogen and oxygen atoms in total. The van der Waals surface area contributed by atoms with Crippen LogP contribution in [0.5, 0.6) is 5.75 Å². The summed E-state index contributed by atoms with van der Waals surface area (Å²) in [4.78, 5) is 23.7. The predicted octanol–water partition coefficient (Wildman–Crippen LogP) is 3.13. The fourth-order valence-electron chi connectivity index (χ4n) is 2.50. The topological polar surface area (TPSA) is 75.6 Å². The van der Waals surface area contributed by atoms with E-state index in [2.05, 4.69) is 5.32 Å². The Morgan fingerprint density at radius 2 is 1.75 bits per heavy atom. The number of aliphatic carboxylic acids is 1. The van der Waals surface area contributed by atoms with Crippen molar-refractivity contribution in [3.63, 3.8) is 0 Å². The first kappa shape index (κ1) is 17.5. The predicted molar refractivity (Wildman–Crippen MR) is 91.0 cm³/mol. The standard InChI is InChI=1S/C19H21NO4/c1-13(15-9-6-10-16(12-15)24-2)11-17(21)20-18(19(22)23)14-7-4-3-5-8-14/h3-10,12-13,18H,11H2,1-2H3,(H,20,21)(H,22,23)/t13?,18-/m1/s1. The van der Waals surface area contributed by atoms with Gasteiger partial charge in [-0.1, -0.05) is 49.4 Å². The van der Waals surface area contributed by atoms with Crippen LogP contribution in [0.15, 0.2) is 54.6 Å². The average Bonchev–Trinajstić information content (AvgIpc) is 2.60. The molecule has 0 spiro atoms. The summed E-state index contributed by atoms with van der Waals surface area (Å²) < 4.78 is 5.19. The summed E-state index contributed by atoms with van der Waals surface area (Å²) in [7, 11) is 1.59. The second-order valence-electron chi connectivity index (χ2n) is 5.63. The minimum atomic E-state index is -1.08. The van der Waals surface area contributed by atoms with E-state index in [1.54, 1.807) is 37.4 Å². The summed E-state index contributed by atoms with van der Waals surface area (Å²) in [5.41, 5.74) is 1.52. The number of nitrogens with one attached hydrogen (secondary N) is 1. The van der Waals surface area contributed by atoms with Gasteiger partial charge in [-0.2, -0.15) is 0 Å². The molecule has 0 heterocycles. The van der Waals surface area contributed by atoms with Crippen LogP contribution >= 0.6 is 0 Å². The van der Waals surface area contributed by atoms with Crippen LogP contribution in [0, 0.1) is 0 Å². The van der Waals surface area contributed by atoms with Gasteiger partial charge in [0.25, 0.3) is 0 Å². The normalized spacial score (nSPS) is 12.9. The fraction of sp³-hybridized carbons (Fsp3) is 0.263. The first-order chi connectivity index (χ1) is 11.5. The molecule has 5 heteroatoms. The number of amides is 1. The molecule has 0 bridgehead atoms. The number of carboxylic acid groups (broad SMARTS) is 1. The molecule has 0 radical (unpaired) electrons. The van der Waals surface area contributed by atoms with Crippen LogP contribution in [0.4, 0.5) is 0 Å². The molecule has 2 aromatic rings. The molecule has 1 unspecified atom stereocenters. The first-order valence-corrected chi connectivity index (χ1v) is 7.72. The lowest BCUT2D eigenvalue weighted by Gasteiger charge is -2.17. The highest BCUT2D eigenvalue weighted by molar-refractivity contribution is 5.84. The lowest BCUT2D eigenvalue weighted by molar-refractivity contribution is -0.142. The summed E-state index contributed by atoms with van der Waals surface area (Å²) in [6, 6.07) is 15.1. The van der Waals surface area contributed by atoms with Crippen LogP contribution in [-0.4, -0.2) is 24.1 Å². The summed E-state index contributed by atoms with van der Waals surface area (Å²) in [5.74, 6) is -0.706. The number of hydrogen-bond acceptors (Lipinski definition) is 3. The Hall–Kier alpha value is -2.82. The van der Waals surface area contributed by atoms with Crippen LogP contribution in [0.3, 0.4) is 0 Å². The Kier molecular flexibility index (Phi) is 5.95. The van der Waals surface area contributed by atoms with Crippen LogP contribution in [-0.2, 0) is 9.59 Å². The van der Waals surface area contributed by atoms with Crippen LogP contribution in [0.2, 0.25) is 0 Å². The molecule has 1 amide bonds. The summed E-state index contributed by atoms with van der Waals surface area (Å²) in [6.45, 7) is 1.92. The maximum atomic E-state index is 12.3. The number of carbonyl (C=O) groups excluding carboxylic acids is 1. The molecular weight excluding hydrogens is 306 g/mol. The monoisotopic (exact) mass is 327 g/mol. The zero-order valence-electron chi connectivity index (χ0n) is 13.7. The van der Waals surface area contributed by atoms with Crippen molar-refractivity contribution in [3.05, 3.63) is 65.7 Å². The maximum Gasteiger partial charge on any atom is 0.330 e. The molecule has 2 aromatic carbocycles. The van der Waals surface area contributed by atoms with E-state index in [1.807, 2.05) is 31.2 Å². The molecule has 24 heavy (non-hydrogen) atoms. The van der Waals surface area contributed by atoms with E-state index < -0.39 is 12.0 Å². The lowest BCUT2D eigenvalue weighted by Crippen LogP contribution is -2.34. The Bertz CT molecular complexity index is 700. The van der Waals surface area contributed by atoms with Gasteiger partial charge in [0, 0.05) is 6.42 Å². The fourth-order valence-corrected chi connectivity index (χ4v) is 2.50. The molecular formula is C19H21NO4. The van der Waals surface area contributed by atoms with Crippen LogP contribution < -0.4 is 10.1 Å². The summed E-state index contributed by atoms with van der Waals surface area (Å²) in [6.07, 6.45) is 0.198. The zero-order chi connectivity index (χ0) is 17.5. The number of ether oxygens (including phenoxy) is 1. The largest absolute Gasteiger partial charge is 0.497 e. The van der Waals surface area contributed by atoms with Crippen molar-refractivity contribution in [1.29, 1.82) is 0 Å². The van der Waals surface area contributed by atoms with Gasteiger partial charge in [0.05, 0.1) is 7.11 Å². The third-order valence-corrected chi connectivity index (χ3v) is 3.84. The lowest BCUT2D eigenvalue weighted by atomic mass is 9.97. The summed E-state index contributed by atoms with van der Waals surface area (Å²) >= 11 is 0. The molecule has 2 rings (SSSR count). The van der Waals surface area contributed by atoms with Crippen molar-refractivity contribution in [1.82, 2.24) is 5.32 Å². The third-order valence-electron chi connectivity index (χ3n) is 3.84. The van der Waals surface area contributed by atoms with E-state index >= 15 is 0 Å². The Morgan fingerprint density at radius 3 is 2.38 bits per heavy atom. The highest BCUT2D eigenvalue weighted by Gasteiger charge is 2.23. The van der Waals surface area contributed by atoms with Gasteiger partial charge in [0.15, 0.2) is 6.04 Å². The molecule has 0 aromatic heterocycles. The molecule has 0 aliphatic heterocycles. The zero-order valence-corrected chi connectivity index (χ0v) is 13.7. The minimum Gasteiger partial charge on any atom is -0.497 e. The van der Waals surface area contributed by atoms with E-state index in [-0.39, 0.29) is 18.2 Å². The molecule has 2 atom stereocenters. The smallest absolute Gasteiger partial charge is 0.330 e. The highest BCUT2D eigenvalue weighted by atomic mass is 16.5. The van der Waals surface area contributed by atoms with E-state index in [9.17, 15) is 14.7 Å². The number of rotatable bonds is 7. The van der Waals surface area contributed by atoms with Gasteiger partial charge >= 0.3 is 5.97 Å². The number of hydrogen-bond donors (Lipinski definition) is 2. The second kappa shape index (κ2) is 8.15. The van der Waals surface area contributed by atoms with Gasteiger partial charge < -0.3 is 15.2 Å². The molecule has 0 fully saturated rings. The van der Waals surface area contributed by atoms with E-state index in [1.165, 1.54) is 0 Å². The number of carbonyl (C=O) groups is 2. The number of benzene rings is 2. The van der Waals surface area contributed by atoms with Crippen molar-refractivity contribution in [3.8, 4) is 5.75 Å². The first-order valence-electron chi connectivity index (χ1n) is 7.72. The average molecular weight is 327 g/mol. The van der Waals surface area contributed by atoms with E-state index in [0.29, 0.717) is 5.56 Å². The van der Waals surface area contributed by atoms with Gasteiger partial charge in [-0.05, 0) is 29.2 Å². The molecule has 2 N–H and O–H groups in total. The van der Waals surface area contributed by atoms with Gasteiger partial charge in [-0.25, -0.2) is 4.79 Å². The van der Waals surface area contributed by atoms with Gasteiger partial charge in [-0.15, -0.1) is 0 Å². The second-order valence-corrected chi connectivity index (χ2v) is 5.63. The van der Waals surface area contributed by atoms with Gasteiger partial charge in [0.1, 0.15) is 5.75 Å². The minimum absolute atomic E-state index is 0.0506. The quantitative estimate of drug-likeness (QED) is 0.819. The molecule has 0 saturated heterocycles. The van der Waals surface area contributed by atoms with Gasteiger partial charge in [0.2, 0.25) is 5.91 Å². The number of methoxy groups -OCH3 is 1. The SMILES string of the molecule is COc1cccc(C(C)CC(=O)N[C@@H](C(=O)O)c2ccccc2)c1. The third kappa shape index (κ3) is 4.59. The Morgan fingerprint density at radius 1 is 1.08 bits per heavy atom. The summed E-state index contributed by atoms with van der Waals surface area (Å²) in [5, 5.41) is 12.0. The Labute approximate surface area is 141 Å². The molecule has 0 aliphatic carbocycles. The number of carboxylic acids is 1. The van der Waals surface area contributed by atoms with Crippen molar-refractivity contribution in [2.24, 2.45) is 0 Å². The van der Waals surface area contributed by atoms with E-state index in [4.69, 9.17) is 4.74 Å². The molecule has 126 valence electrons. The van der Waals surface area contributed by atoms with Crippen molar-refractivity contribution in [2.75, 3.05) is 7.11 Å². The van der Waals surface area contributed by atoms with Crippen molar-refractivity contribution in [2.45, 2.75) is 25.3 Å². The molecule has 0 aliphatic rings. The van der Waals surface area contributed by atoms with Crippen LogP contribution in [0.1, 0.15) is 36.4 Å². The molecule has 0 saturated carbocycles.